The van der Waals surface area contributed by atoms with E-state index >= 15 is 0 Å². The average Bonchev–Trinajstić information content (AvgIpc) is 3.41. The standard InChI is InChI=1S/C19H17Cl3N2O3/c1-10(27-17-7-2-11(20)8-16(17)22)18(25)24-13-5-6-14(15(21)9-13)19(26)23-12-3-4-12/h2,5-10,12H,3-4H2,1H3,(H,23,26)(H,24,25). The van der Waals surface area contributed by atoms with E-state index in [1.54, 1.807) is 31.2 Å². The SMILES string of the molecule is CC(Oc1ccc(Cl)cc1Cl)C(=O)Nc1ccc(C(=O)NC2CC2)c(Cl)c1. The van der Waals surface area contributed by atoms with Crippen LogP contribution >= 0.6 is 34.8 Å². The molecule has 1 unspecified atom stereocenters. The normalized spacial score (nSPS) is 14.4. The monoisotopic (exact) mass is 426 g/mol. The first kappa shape index (κ1) is 19.8. The zero-order chi connectivity index (χ0) is 19.6. The summed E-state index contributed by atoms with van der Waals surface area (Å²) in [7, 11) is 0. The van der Waals surface area contributed by atoms with E-state index < -0.39 is 6.10 Å². The Hall–Kier alpha value is -1.95. The smallest absolute Gasteiger partial charge is 0.265 e. The fraction of sp³-hybridized carbons (Fsp3) is 0.263. The van der Waals surface area contributed by atoms with Crippen LogP contribution in [0.4, 0.5) is 5.69 Å². The number of anilines is 1. The molecule has 0 bridgehead atoms. The highest BCUT2D eigenvalue weighted by molar-refractivity contribution is 6.35. The van der Waals surface area contributed by atoms with E-state index in [0.29, 0.717) is 27.0 Å². The summed E-state index contributed by atoms with van der Waals surface area (Å²) in [5.41, 5.74) is 0.837. The lowest BCUT2D eigenvalue weighted by atomic mass is 10.2. The van der Waals surface area contributed by atoms with Crippen molar-refractivity contribution in [2.75, 3.05) is 5.32 Å². The van der Waals surface area contributed by atoms with Crippen molar-refractivity contribution in [3.63, 3.8) is 0 Å². The Morgan fingerprint density at radius 3 is 2.44 bits per heavy atom. The number of halogens is 3. The van der Waals surface area contributed by atoms with Gasteiger partial charge in [-0.2, -0.15) is 0 Å². The highest BCUT2D eigenvalue weighted by atomic mass is 35.5. The molecule has 2 N–H and O–H groups in total. The van der Waals surface area contributed by atoms with Crippen LogP contribution in [0.3, 0.4) is 0 Å². The molecule has 27 heavy (non-hydrogen) atoms. The van der Waals surface area contributed by atoms with Crippen LogP contribution < -0.4 is 15.4 Å². The van der Waals surface area contributed by atoms with Gasteiger partial charge < -0.3 is 15.4 Å². The molecule has 0 radical (unpaired) electrons. The Kier molecular flexibility index (Phi) is 6.15. The predicted octanol–water partition coefficient (Wildman–Crippen LogP) is 4.95. The largest absolute Gasteiger partial charge is 0.479 e. The van der Waals surface area contributed by atoms with Gasteiger partial charge in [0.15, 0.2) is 6.10 Å². The average molecular weight is 428 g/mol. The molecular formula is C19H17Cl3N2O3. The summed E-state index contributed by atoms with van der Waals surface area (Å²) in [4.78, 5) is 24.4. The molecule has 0 aromatic heterocycles. The second-order valence-electron chi connectivity index (χ2n) is 6.27. The summed E-state index contributed by atoms with van der Waals surface area (Å²) < 4.78 is 5.58. The van der Waals surface area contributed by atoms with Crippen molar-refractivity contribution >= 4 is 52.3 Å². The second-order valence-corrected chi connectivity index (χ2v) is 7.52. The van der Waals surface area contributed by atoms with Gasteiger partial charge in [0.25, 0.3) is 11.8 Å². The lowest BCUT2D eigenvalue weighted by Crippen LogP contribution is -2.30. The van der Waals surface area contributed by atoms with Crippen LogP contribution in [0.1, 0.15) is 30.1 Å². The van der Waals surface area contributed by atoms with E-state index in [9.17, 15) is 9.59 Å². The first-order valence-electron chi connectivity index (χ1n) is 8.36. The number of carbonyl (C=O) groups excluding carboxylic acids is 2. The van der Waals surface area contributed by atoms with E-state index in [2.05, 4.69) is 10.6 Å². The lowest BCUT2D eigenvalue weighted by Gasteiger charge is -2.16. The van der Waals surface area contributed by atoms with Crippen LogP contribution in [-0.2, 0) is 4.79 Å². The molecule has 1 aliphatic rings. The number of nitrogens with one attached hydrogen (secondary N) is 2. The Labute approximate surface area is 171 Å². The minimum absolute atomic E-state index is 0.213. The molecule has 1 saturated carbocycles. The molecule has 2 aromatic carbocycles. The molecule has 0 heterocycles. The minimum atomic E-state index is -0.805. The molecule has 2 amide bonds. The second kappa shape index (κ2) is 8.38. The van der Waals surface area contributed by atoms with Crippen molar-refractivity contribution in [2.24, 2.45) is 0 Å². The van der Waals surface area contributed by atoms with E-state index in [1.165, 1.54) is 12.1 Å². The van der Waals surface area contributed by atoms with Gasteiger partial charge in [0, 0.05) is 16.8 Å². The lowest BCUT2D eigenvalue weighted by molar-refractivity contribution is -0.122. The van der Waals surface area contributed by atoms with Gasteiger partial charge in [-0.05, 0) is 56.2 Å². The van der Waals surface area contributed by atoms with Gasteiger partial charge >= 0.3 is 0 Å². The first-order chi connectivity index (χ1) is 12.8. The van der Waals surface area contributed by atoms with E-state index in [-0.39, 0.29) is 22.9 Å². The van der Waals surface area contributed by atoms with Gasteiger partial charge in [-0.25, -0.2) is 0 Å². The van der Waals surface area contributed by atoms with E-state index in [0.717, 1.165) is 12.8 Å². The molecule has 2 aromatic rings. The number of hydrogen-bond donors (Lipinski definition) is 2. The molecule has 8 heteroatoms. The van der Waals surface area contributed by atoms with Gasteiger partial charge in [-0.15, -0.1) is 0 Å². The number of benzene rings is 2. The first-order valence-corrected chi connectivity index (χ1v) is 9.50. The maximum atomic E-state index is 12.4. The number of rotatable bonds is 6. The molecule has 1 atom stereocenters. The maximum Gasteiger partial charge on any atom is 0.265 e. The van der Waals surface area contributed by atoms with Gasteiger partial charge in [-0.3, -0.25) is 9.59 Å². The summed E-state index contributed by atoms with van der Waals surface area (Å²) in [5.74, 6) is -0.240. The molecule has 142 valence electrons. The van der Waals surface area contributed by atoms with Crippen molar-refractivity contribution in [3.8, 4) is 5.75 Å². The van der Waals surface area contributed by atoms with E-state index in [4.69, 9.17) is 39.5 Å². The molecule has 0 spiro atoms. The number of ether oxygens (including phenoxy) is 1. The highest BCUT2D eigenvalue weighted by Gasteiger charge is 2.25. The Balaban J connectivity index is 1.62. The molecule has 5 nitrogen and oxygen atoms in total. The van der Waals surface area contributed by atoms with Gasteiger partial charge in [0.05, 0.1) is 15.6 Å². The predicted molar refractivity (Wildman–Crippen MR) is 107 cm³/mol. The van der Waals surface area contributed by atoms with E-state index in [1.807, 2.05) is 0 Å². The molecule has 1 aliphatic carbocycles. The summed E-state index contributed by atoms with van der Waals surface area (Å²) in [6, 6.07) is 9.73. The highest BCUT2D eigenvalue weighted by Crippen LogP contribution is 2.29. The third-order valence-electron chi connectivity index (χ3n) is 3.96. The van der Waals surface area contributed by atoms with Gasteiger partial charge in [-0.1, -0.05) is 34.8 Å². The van der Waals surface area contributed by atoms with Crippen LogP contribution in [0, 0.1) is 0 Å². The molecule has 1 fully saturated rings. The van der Waals surface area contributed by atoms with Crippen molar-refractivity contribution in [1.29, 1.82) is 0 Å². The quantitative estimate of drug-likeness (QED) is 0.686. The minimum Gasteiger partial charge on any atom is -0.479 e. The Bertz CT molecular complexity index is 884. The van der Waals surface area contributed by atoms with Crippen molar-refractivity contribution in [3.05, 3.63) is 57.0 Å². The van der Waals surface area contributed by atoms with Gasteiger partial charge in [0.2, 0.25) is 0 Å². The van der Waals surface area contributed by atoms with Crippen LogP contribution in [0.25, 0.3) is 0 Å². The van der Waals surface area contributed by atoms with Crippen LogP contribution in [0.15, 0.2) is 36.4 Å². The van der Waals surface area contributed by atoms with Crippen LogP contribution in [-0.4, -0.2) is 24.0 Å². The topological polar surface area (TPSA) is 67.4 Å². The third kappa shape index (κ3) is 5.28. The fourth-order valence-electron chi connectivity index (χ4n) is 2.33. The van der Waals surface area contributed by atoms with Crippen LogP contribution in [0.5, 0.6) is 5.75 Å². The maximum absolute atomic E-state index is 12.4. The Morgan fingerprint density at radius 1 is 1.07 bits per heavy atom. The summed E-state index contributed by atoms with van der Waals surface area (Å²) in [6.45, 7) is 1.60. The van der Waals surface area contributed by atoms with Crippen LogP contribution in [0.2, 0.25) is 15.1 Å². The van der Waals surface area contributed by atoms with Crippen molar-refractivity contribution in [2.45, 2.75) is 31.9 Å². The molecule has 0 aliphatic heterocycles. The van der Waals surface area contributed by atoms with Crippen molar-refractivity contribution < 1.29 is 14.3 Å². The number of carbonyl (C=O) groups is 2. The summed E-state index contributed by atoms with van der Waals surface area (Å²) in [6.07, 6.45) is 1.18. The zero-order valence-corrected chi connectivity index (χ0v) is 16.7. The molecular weight excluding hydrogens is 411 g/mol. The number of amides is 2. The molecule has 3 rings (SSSR count). The van der Waals surface area contributed by atoms with Crippen molar-refractivity contribution in [1.82, 2.24) is 5.32 Å². The fourth-order valence-corrected chi connectivity index (χ4v) is 3.05. The number of hydrogen-bond acceptors (Lipinski definition) is 3. The summed E-state index contributed by atoms with van der Waals surface area (Å²) >= 11 is 18.1. The Morgan fingerprint density at radius 2 is 1.81 bits per heavy atom. The third-order valence-corrected chi connectivity index (χ3v) is 4.80. The molecule has 0 saturated heterocycles. The summed E-state index contributed by atoms with van der Waals surface area (Å²) in [5, 5.41) is 6.63. The zero-order valence-electron chi connectivity index (χ0n) is 14.4. The van der Waals surface area contributed by atoms with Gasteiger partial charge in [0.1, 0.15) is 5.75 Å².